The third-order valence-corrected chi connectivity index (χ3v) is 6.12. The van der Waals surface area contributed by atoms with Gasteiger partial charge in [0.15, 0.2) is 0 Å². The number of benzene rings is 3. The molecule has 4 N–H and O–H groups in total. The third-order valence-electron chi connectivity index (χ3n) is 5.59. The molecule has 0 radical (unpaired) electrons. The van der Waals surface area contributed by atoms with Gasteiger partial charge in [-0.1, -0.05) is 88.7 Å². The number of rotatable bonds is 10. The molecule has 6 heteroatoms. The van der Waals surface area contributed by atoms with E-state index in [1.807, 2.05) is 91.9 Å². The van der Waals surface area contributed by atoms with E-state index in [2.05, 4.69) is 26.6 Å². The number of carbonyl (C=O) groups is 2. The van der Waals surface area contributed by atoms with Crippen molar-refractivity contribution in [3.05, 3.63) is 106 Å². The number of hydrogen-bond donors (Lipinski definition) is 3. The molecule has 2 amide bonds. The molecule has 0 bridgehead atoms. The van der Waals surface area contributed by atoms with Crippen LogP contribution in [0.15, 0.2) is 89.4 Å². The first kappa shape index (κ1) is 24.7. The largest absolute Gasteiger partial charge is 0.348 e. The minimum atomic E-state index is -0.672. The van der Waals surface area contributed by atoms with E-state index in [9.17, 15) is 9.59 Å². The lowest BCUT2D eigenvalue weighted by molar-refractivity contribution is -0.129. The maximum absolute atomic E-state index is 13.5. The summed E-state index contributed by atoms with van der Waals surface area (Å²) in [6, 6.07) is 26.2. The summed E-state index contributed by atoms with van der Waals surface area (Å²) >= 11 is 3.43. The molecule has 2 atom stereocenters. The molecular formula is C27H30BrN3O2. The van der Waals surface area contributed by atoms with Crippen LogP contribution in [0.5, 0.6) is 0 Å². The topological polar surface area (TPSA) is 84.2 Å². The Morgan fingerprint density at radius 1 is 0.788 bits per heavy atom. The molecule has 0 aliphatic carbocycles. The molecule has 3 aromatic rings. The fourth-order valence-electron chi connectivity index (χ4n) is 3.78. The van der Waals surface area contributed by atoms with Gasteiger partial charge in [0, 0.05) is 4.47 Å². The van der Waals surface area contributed by atoms with Gasteiger partial charge in [-0.2, -0.15) is 0 Å². The van der Waals surface area contributed by atoms with Crippen molar-refractivity contribution in [3.63, 3.8) is 0 Å². The molecule has 0 aliphatic heterocycles. The molecule has 0 aliphatic rings. The lowest BCUT2D eigenvalue weighted by Gasteiger charge is -2.24. The molecule has 172 valence electrons. The minimum Gasteiger partial charge on any atom is -0.348 e. The third kappa shape index (κ3) is 7.01. The van der Waals surface area contributed by atoms with Gasteiger partial charge in [0.25, 0.3) is 0 Å². The molecule has 0 spiro atoms. The Morgan fingerprint density at radius 2 is 1.33 bits per heavy atom. The van der Waals surface area contributed by atoms with E-state index in [-0.39, 0.29) is 17.9 Å². The van der Waals surface area contributed by atoms with Gasteiger partial charge in [0.05, 0.1) is 12.0 Å². The molecule has 0 heterocycles. The van der Waals surface area contributed by atoms with Gasteiger partial charge in [-0.05, 0) is 55.1 Å². The number of carbonyl (C=O) groups excluding carboxylic acids is 2. The number of hydrogen-bond acceptors (Lipinski definition) is 3. The lowest BCUT2D eigenvalue weighted by Crippen LogP contribution is -2.48. The fraction of sp³-hybridized carbons (Fsp3) is 0.259. The van der Waals surface area contributed by atoms with Crippen molar-refractivity contribution in [3.8, 4) is 0 Å². The Labute approximate surface area is 203 Å². The minimum absolute atomic E-state index is 0.193. The SMILES string of the molecule is C[C@@H](NC(=O)[C@H](CCCN)NC(=O)C(c1ccccc1)c1ccccc1)c1ccc(Br)cc1. The molecular weight excluding hydrogens is 478 g/mol. The van der Waals surface area contributed by atoms with E-state index < -0.39 is 12.0 Å². The highest BCUT2D eigenvalue weighted by atomic mass is 79.9. The Morgan fingerprint density at radius 3 is 1.85 bits per heavy atom. The van der Waals surface area contributed by atoms with Crippen LogP contribution in [0.4, 0.5) is 0 Å². The van der Waals surface area contributed by atoms with Gasteiger partial charge >= 0.3 is 0 Å². The second kappa shape index (κ2) is 12.3. The summed E-state index contributed by atoms with van der Waals surface area (Å²) in [6.45, 7) is 2.38. The average Bonchev–Trinajstić information content (AvgIpc) is 2.83. The van der Waals surface area contributed by atoms with Crippen molar-refractivity contribution in [1.29, 1.82) is 0 Å². The van der Waals surface area contributed by atoms with Crippen molar-refractivity contribution < 1.29 is 9.59 Å². The number of nitrogens with two attached hydrogens (primary N) is 1. The first-order valence-corrected chi connectivity index (χ1v) is 11.9. The Bertz CT molecular complexity index is 987. The van der Waals surface area contributed by atoms with Crippen LogP contribution in [-0.2, 0) is 9.59 Å². The molecule has 0 saturated heterocycles. The van der Waals surface area contributed by atoms with Crippen LogP contribution in [0.1, 0.15) is 48.4 Å². The average molecular weight is 508 g/mol. The fourth-order valence-corrected chi connectivity index (χ4v) is 4.05. The molecule has 33 heavy (non-hydrogen) atoms. The van der Waals surface area contributed by atoms with E-state index in [1.54, 1.807) is 0 Å². The van der Waals surface area contributed by atoms with E-state index >= 15 is 0 Å². The first-order chi connectivity index (χ1) is 16.0. The summed E-state index contributed by atoms with van der Waals surface area (Å²) < 4.78 is 0.978. The zero-order chi connectivity index (χ0) is 23.6. The highest BCUT2D eigenvalue weighted by Crippen LogP contribution is 2.25. The van der Waals surface area contributed by atoms with Crippen molar-refractivity contribution in [2.75, 3.05) is 6.54 Å². The van der Waals surface area contributed by atoms with E-state index in [0.717, 1.165) is 21.2 Å². The maximum Gasteiger partial charge on any atom is 0.243 e. The van der Waals surface area contributed by atoms with Crippen LogP contribution in [0.3, 0.4) is 0 Å². The normalized spacial score (nSPS) is 12.7. The van der Waals surface area contributed by atoms with Crippen molar-refractivity contribution in [2.45, 2.75) is 37.8 Å². The van der Waals surface area contributed by atoms with Gasteiger partial charge in [-0.3, -0.25) is 9.59 Å². The summed E-state index contributed by atoms with van der Waals surface area (Å²) in [5.74, 6) is -0.933. The zero-order valence-corrected chi connectivity index (χ0v) is 20.3. The van der Waals surface area contributed by atoms with Crippen LogP contribution in [0, 0.1) is 0 Å². The van der Waals surface area contributed by atoms with E-state index in [0.29, 0.717) is 19.4 Å². The summed E-state index contributed by atoms with van der Waals surface area (Å²) in [6.07, 6.45) is 1.10. The highest BCUT2D eigenvalue weighted by molar-refractivity contribution is 9.10. The summed E-state index contributed by atoms with van der Waals surface area (Å²) in [7, 11) is 0. The smallest absolute Gasteiger partial charge is 0.243 e. The van der Waals surface area contributed by atoms with Crippen LogP contribution in [-0.4, -0.2) is 24.4 Å². The van der Waals surface area contributed by atoms with Crippen LogP contribution >= 0.6 is 15.9 Å². The van der Waals surface area contributed by atoms with Gasteiger partial charge in [0.2, 0.25) is 11.8 Å². The van der Waals surface area contributed by atoms with Crippen LogP contribution < -0.4 is 16.4 Å². The zero-order valence-electron chi connectivity index (χ0n) is 18.7. The monoisotopic (exact) mass is 507 g/mol. The Balaban J connectivity index is 1.79. The quantitative estimate of drug-likeness (QED) is 0.372. The van der Waals surface area contributed by atoms with Crippen molar-refractivity contribution in [2.24, 2.45) is 5.73 Å². The Kier molecular flexibility index (Phi) is 9.22. The van der Waals surface area contributed by atoms with E-state index in [4.69, 9.17) is 5.73 Å². The molecule has 5 nitrogen and oxygen atoms in total. The van der Waals surface area contributed by atoms with E-state index in [1.165, 1.54) is 0 Å². The standard InChI is InChI=1S/C27H30BrN3O2/c1-19(20-14-16-23(28)17-15-20)30-26(32)24(13-8-18-29)31-27(33)25(21-9-4-2-5-10-21)22-11-6-3-7-12-22/h2-7,9-12,14-17,19,24-25H,8,13,18,29H2,1H3,(H,30,32)(H,31,33)/t19-,24+/m1/s1. The highest BCUT2D eigenvalue weighted by Gasteiger charge is 2.28. The summed E-state index contributed by atoms with van der Waals surface area (Å²) in [5.41, 5.74) is 8.45. The summed E-state index contributed by atoms with van der Waals surface area (Å²) in [4.78, 5) is 26.6. The summed E-state index contributed by atoms with van der Waals surface area (Å²) in [5, 5.41) is 6.04. The van der Waals surface area contributed by atoms with Crippen LogP contribution in [0.25, 0.3) is 0 Å². The van der Waals surface area contributed by atoms with Crippen molar-refractivity contribution in [1.82, 2.24) is 10.6 Å². The van der Waals surface area contributed by atoms with Crippen molar-refractivity contribution >= 4 is 27.7 Å². The molecule has 0 aromatic heterocycles. The number of halogens is 1. The first-order valence-electron chi connectivity index (χ1n) is 11.2. The van der Waals surface area contributed by atoms with Gasteiger partial charge < -0.3 is 16.4 Å². The predicted octanol–water partition coefficient (Wildman–Crippen LogP) is 4.68. The number of nitrogens with one attached hydrogen (secondary N) is 2. The molecule has 0 fully saturated rings. The predicted molar refractivity (Wildman–Crippen MR) is 136 cm³/mol. The Hall–Kier alpha value is -2.96. The molecule has 0 saturated carbocycles. The van der Waals surface area contributed by atoms with Crippen LogP contribution in [0.2, 0.25) is 0 Å². The van der Waals surface area contributed by atoms with Gasteiger partial charge in [-0.15, -0.1) is 0 Å². The molecule has 3 rings (SSSR count). The second-order valence-corrected chi connectivity index (χ2v) is 8.94. The van der Waals surface area contributed by atoms with Gasteiger partial charge in [-0.25, -0.2) is 0 Å². The lowest BCUT2D eigenvalue weighted by atomic mass is 9.90. The maximum atomic E-state index is 13.5. The van der Waals surface area contributed by atoms with Gasteiger partial charge in [0.1, 0.15) is 6.04 Å². The molecule has 3 aromatic carbocycles. The second-order valence-electron chi connectivity index (χ2n) is 8.03. The number of amides is 2. The molecule has 0 unspecified atom stereocenters.